The summed E-state index contributed by atoms with van der Waals surface area (Å²) < 4.78 is 19.1. The van der Waals surface area contributed by atoms with E-state index in [9.17, 15) is 9.59 Å². The molecular weight excluding hydrogens is 440 g/mol. The summed E-state index contributed by atoms with van der Waals surface area (Å²) in [5, 5.41) is 0. The van der Waals surface area contributed by atoms with Gasteiger partial charge in [0.25, 0.3) is 0 Å². The molecule has 2 aliphatic heterocycles. The van der Waals surface area contributed by atoms with Gasteiger partial charge >= 0.3 is 11.9 Å². The van der Waals surface area contributed by atoms with E-state index in [1.165, 1.54) is 0 Å². The van der Waals surface area contributed by atoms with E-state index in [0.29, 0.717) is 17.0 Å². The fourth-order valence-electron chi connectivity index (χ4n) is 8.88. The minimum Gasteiger partial charge on any atom is -0.452 e. The molecule has 5 heteroatoms. The van der Waals surface area contributed by atoms with Gasteiger partial charge in [-0.05, 0) is 53.9 Å². The van der Waals surface area contributed by atoms with Gasteiger partial charge in [-0.3, -0.25) is 0 Å². The summed E-state index contributed by atoms with van der Waals surface area (Å²) >= 11 is 0. The average molecular weight is 475 g/mol. The highest BCUT2D eigenvalue weighted by Gasteiger charge is 2.88. The van der Waals surface area contributed by atoms with Crippen molar-refractivity contribution in [2.45, 2.75) is 71.9 Å². The Balaban J connectivity index is 1.41. The third kappa shape index (κ3) is 2.53. The minimum absolute atomic E-state index is 0.0434. The summed E-state index contributed by atoms with van der Waals surface area (Å²) in [7, 11) is 0. The van der Waals surface area contributed by atoms with Gasteiger partial charge in [0, 0.05) is 10.8 Å². The van der Waals surface area contributed by atoms with Gasteiger partial charge < -0.3 is 14.2 Å². The lowest BCUT2D eigenvalue weighted by atomic mass is 9.44. The van der Waals surface area contributed by atoms with E-state index in [2.05, 4.69) is 34.6 Å². The third-order valence-electron chi connectivity index (χ3n) is 11.4. The van der Waals surface area contributed by atoms with Crippen molar-refractivity contribution in [2.75, 3.05) is 0 Å². The zero-order chi connectivity index (χ0) is 24.8. The Morgan fingerprint density at radius 2 is 1.09 bits per heavy atom. The number of benzene rings is 2. The second-order valence-corrected chi connectivity index (χ2v) is 11.9. The van der Waals surface area contributed by atoms with Crippen LogP contribution in [0.25, 0.3) is 0 Å². The van der Waals surface area contributed by atoms with Crippen LogP contribution < -0.4 is 0 Å². The largest absolute Gasteiger partial charge is 0.452 e. The van der Waals surface area contributed by atoms with Crippen molar-refractivity contribution in [3.63, 3.8) is 0 Å². The van der Waals surface area contributed by atoms with Crippen LogP contribution in [-0.2, 0) is 14.2 Å². The van der Waals surface area contributed by atoms with Crippen molar-refractivity contribution >= 4 is 11.9 Å². The molecule has 8 atom stereocenters. The van der Waals surface area contributed by atoms with Crippen LogP contribution in [0.3, 0.4) is 0 Å². The summed E-state index contributed by atoms with van der Waals surface area (Å²) in [6.07, 6.45) is 0.242. The van der Waals surface area contributed by atoms with Crippen molar-refractivity contribution in [2.24, 2.45) is 27.6 Å². The molecule has 8 unspecified atom stereocenters. The van der Waals surface area contributed by atoms with Crippen molar-refractivity contribution in [3.8, 4) is 0 Å². The van der Waals surface area contributed by atoms with Crippen LogP contribution in [-0.4, -0.2) is 36.4 Å². The van der Waals surface area contributed by atoms with Gasteiger partial charge in [0.05, 0.1) is 11.1 Å². The Kier molecular flexibility index (Phi) is 4.68. The summed E-state index contributed by atoms with van der Waals surface area (Å²) in [6.45, 7) is 11.8. The van der Waals surface area contributed by atoms with E-state index >= 15 is 0 Å². The van der Waals surface area contributed by atoms with Crippen molar-refractivity contribution in [1.82, 2.24) is 0 Å². The Labute approximate surface area is 207 Å². The highest BCUT2D eigenvalue weighted by molar-refractivity contribution is 5.90. The van der Waals surface area contributed by atoms with Crippen LogP contribution in [0.1, 0.15) is 68.2 Å². The second kappa shape index (κ2) is 7.19. The van der Waals surface area contributed by atoms with Crippen LogP contribution in [0, 0.1) is 27.6 Å². The van der Waals surface area contributed by atoms with Crippen LogP contribution in [0.4, 0.5) is 0 Å². The topological polar surface area (TPSA) is 61.8 Å². The number of hydrogen-bond donors (Lipinski definition) is 0. The predicted molar refractivity (Wildman–Crippen MR) is 131 cm³/mol. The normalized spacial score (nSPS) is 44.8. The Bertz CT molecular complexity index is 1090. The maximum atomic E-state index is 13.2. The van der Waals surface area contributed by atoms with E-state index in [1.54, 1.807) is 24.3 Å². The minimum atomic E-state index is -0.662. The molecule has 0 radical (unpaired) electrons. The highest BCUT2D eigenvalue weighted by Crippen LogP contribution is 2.86. The zero-order valence-corrected chi connectivity index (χ0v) is 21.1. The molecule has 6 rings (SSSR count). The molecule has 2 aromatic carbocycles. The van der Waals surface area contributed by atoms with E-state index in [0.717, 1.165) is 12.8 Å². The molecule has 0 N–H and O–H groups in total. The van der Waals surface area contributed by atoms with E-state index < -0.39 is 24.1 Å². The number of esters is 2. The molecule has 5 nitrogen and oxygen atoms in total. The first-order valence-electron chi connectivity index (χ1n) is 12.8. The molecule has 2 heterocycles. The summed E-state index contributed by atoms with van der Waals surface area (Å²) in [5.74, 6) is -0.344. The quantitative estimate of drug-likeness (QED) is 0.533. The Morgan fingerprint density at radius 1 is 0.714 bits per heavy atom. The van der Waals surface area contributed by atoms with E-state index in [1.807, 2.05) is 36.4 Å². The lowest BCUT2D eigenvalue weighted by Gasteiger charge is -2.59. The number of rotatable bonds is 4. The average Bonchev–Trinajstić information content (AvgIpc) is 3.46. The van der Waals surface area contributed by atoms with Crippen LogP contribution in [0.2, 0.25) is 0 Å². The number of ether oxygens (including phenoxy) is 3. The van der Waals surface area contributed by atoms with Gasteiger partial charge in [0.15, 0.2) is 12.2 Å². The lowest BCUT2D eigenvalue weighted by Crippen LogP contribution is -2.65. The standard InChI is InChI=1S/C30H34O5/c1-18-27(2)16-17-28(18,3)30(5)24-22(34-26(32)20-14-10-7-11-15-20)21(23(35-24)29(27,30)4)33-25(31)19-12-8-6-9-13-19/h6-15,18,21-24H,16-17H2,1-5H3. The first-order chi connectivity index (χ1) is 16.6. The van der Waals surface area contributed by atoms with E-state index in [-0.39, 0.29) is 33.9 Å². The smallest absolute Gasteiger partial charge is 0.338 e. The highest BCUT2D eigenvalue weighted by atomic mass is 16.6. The number of carbonyl (C=O) groups excluding carboxylic acids is 2. The van der Waals surface area contributed by atoms with Gasteiger partial charge in [-0.1, -0.05) is 71.0 Å². The summed E-state index contributed by atoms with van der Waals surface area (Å²) in [4.78, 5) is 26.4. The second-order valence-electron chi connectivity index (χ2n) is 11.9. The van der Waals surface area contributed by atoms with E-state index in [4.69, 9.17) is 14.2 Å². The molecular formula is C30H34O5. The molecule has 4 aliphatic rings. The van der Waals surface area contributed by atoms with Crippen molar-refractivity contribution in [3.05, 3.63) is 71.8 Å². The molecule has 4 bridgehead atoms. The lowest BCUT2D eigenvalue weighted by molar-refractivity contribution is -0.153. The van der Waals surface area contributed by atoms with Crippen LogP contribution in [0.15, 0.2) is 60.7 Å². The monoisotopic (exact) mass is 474 g/mol. The van der Waals surface area contributed by atoms with Gasteiger partial charge in [-0.15, -0.1) is 0 Å². The summed E-state index contributed by atoms with van der Waals surface area (Å²) in [5.41, 5.74) is 0.623. The maximum absolute atomic E-state index is 13.2. The van der Waals surface area contributed by atoms with Crippen molar-refractivity contribution < 1.29 is 23.8 Å². The number of fused-ring (bicyclic) bond motifs is 9. The molecule has 2 aromatic rings. The molecule has 2 saturated heterocycles. The molecule has 0 spiro atoms. The fourth-order valence-corrected chi connectivity index (χ4v) is 8.88. The summed E-state index contributed by atoms with van der Waals surface area (Å²) in [6, 6.07) is 18.0. The Hall–Kier alpha value is -2.66. The number of carbonyl (C=O) groups is 2. The SMILES string of the molecule is CC1C2(C)CCC1(C)C1(C)C3OC(C(OC(=O)c4ccccc4)C3OC(=O)c3ccccc3)C21C. The molecule has 184 valence electrons. The maximum Gasteiger partial charge on any atom is 0.338 e. The molecule has 35 heavy (non-hydrogen) atoms. The molecule has 2 saturated carbocycles. The first-order valence-corrected chi connectivity index (χ1v) is 12.8. The number of hydrogen-bond acceptors (Lipinski definition) is 5. The zero-order valence-electron chi connectivity index (χ0n) is 21.1. The molecule has 0 amide bonds. The predicted octanol–water partition coefficient (Wildman–Crippen LogP) is 5.69. The molecule has 4 fully saturated rings. The Morgan fingerprint density at radius 3 is 1.46 bits per heavy atom. The van der Waals surface area contributed by atoms with Gasteiger partial charge in [0.2, 0.25) is 0 Å². The van der Waals surface area contributed by atoms with Crippen molar-refractivity contribution in [1.29, 1.82) is 0 Å². The van der Waals surface area contributed by atoms with Gasteiger partial charge in [0.1, 0.15) is 12.2 Å². The molecule has 2 aliphatic carbocycles. The fraction of sp³-hybridized carbons (Fsp3) is 0.533. The van der Waals surface area contributed by atoms with Crippen LogP contribution in [0.5, 0.6) is 0 Å². The third-order valence-corrected chi connectivity index (χ3v) is 11.4. The van der Waals surface area contributed by atoms with Crippen LogP contribution >= 0.6 is 0 Å². The van der Waals surface area contributed by atoms with Gasteiger partial charge in [-0.25, -0.2) is 9.59 Å². The first kappa shape index (κ1) is 22.8. The van der Waals surface area contributed by atoms with Gasteiger partial charge in [-0.2, -0.15) is 0 Å². The molecule has 0 aromatic heterocycles.